The van der Waals surface area contributed by atoms with Crippen molar-refractivity contribution in [1.82, 2.24) is 4.90 Å². The lowest BCUT2D eigenvalue weighted by atomic mass is 10.2. The number of likely N-dealkylation sites (N-methyl/N-ethyl adjacent to an activating group) is 1. The second-order valence-corrected chi connectivity index (χ2v) is 3.22. The molecule has 1 unspecified atom stereocenters. The van der Waals surface area contributed by atoms with Crippen molar-refractivity contribution in [1.29, 1.82) is 0 Å². The Morgan fingerprint density at radius 2 is 2.00 bits per heavy atom. The fraction of sp³-hybridized carbons (Fsp3) is 0.889. The van der Waals surface area contributed by atoms with Gasteiger partial charge < -0.3 is 15.1 Å². The highest BCUT2D eigenvalue weighted by molar-refractivity contribution is 5.76. The van der Waals surface area contributed by atoms with E-state index in [2.05, 4.69) is 0 Å². The molecule has 13 heavy (non-hydrogen) atoms. The van der Waals surface area contributed by atoms with Gasteiger partial charge in [0.2, 0.25) is 5.91 Å². The highest BCUT2D eigenvalue weighted by Gasteiger charge is 2.13. The minimum absolute atomic E-state index is 0.0117. The Kier molecular flexibility index (Phi) is 6.54. The third kappa shape index (κ3) is 4.85. The average molecular weight is 189 g/mol. The van der Waals surface area contributed by atoms with E-state index >= 15 is 0 Å². The van der Waals surface area contributed by atoms with Crippen molar-refractivity contribution < 1.29 is 15.0 Å². The molecule has 2 N–H and O–H groups in total. The van der Waals surface area contributed by atoms with Gasteiger partial charge in [0.05, 0.1) is 12.6 Å². The van der Waals surface area contributed by atoms with Gasteiger partial charge in [0, 0.05) is 20.1 Å². The molecule has 0 fully saturated rings. The zero-order valence-corrected chi connectivity index (χ0v) is 8.36. The normalized spacial score (nSPS) is 12.6. The van der Waals surface area contributed by atoms with Gasteiger partial charge in [0.25, 0.3) is 0 Å². The maximum atomic E-state index is 11.4. The van der Waals surface area contributed by atoms with Crippen LogP contribution in [-0.4, -0.2) is 47.3 Å². The molecular weight excluding hydrogens is 170 g/mol. The molecule has 0 aromatic heterocycles. The molecule has 0 aliphatic heterocycles. The Balaban J connectivity index is 3.69. The van der Waals surface area contributed by atoms with Crippen LogP contribution in [0.25, 0.3) is 0 Å². The number of nitrogens with zero attached hydrogens (tertiary/aromatic N) is 1. The number of carbonyl (C=O) groups is 1. The van der Waals surface area contributed by atoms with Crippen molar-refractivity contribution in [2.75, 3.05) is 20.3 Å². The van der Waals surface area contributed by atoms with Crippen LogP contribution in [0.15, 0.2) is 0 Å². The Morgan fingerprint density at radius 1 is 1.38 bits per heavy atom. The molecule has 0 radical (unpaired) electrons. The third-order valence-corrected chi connectivity index (χ3v) is 2.12. The summed E-state index contributed by atoms with van der Waals surface area (Å²) in [5.74, 6) is 0.0231. The number of aliphatic hydroxyl groups is 2. The summed E-state index contributed by atoms with van der Waals surface area (Å²) in [4.78, 5) is 12.9. The number of amides is 1. The van der Waals surface area contributed by atoms with Crippen LogP contribution < -0.4 is 0 Å². The number of carbonyl (C=O) groups excluding carboxylic acids is 1. The van der Waals surface area contributed by atoms with Crippen LogP contribution >= 0.6 is 0 Å². The standard InChI is InChI=1S/C9H19NO3/c1-8(7-12)10(2)9(13)5-3-4-6-11/h8,11-12H,3-7H2,1-2H3. The molecule has 1 atom stereocenters. The van der Waals surface area contributed by atoms with Crippen molar-refractivity contribution in [2.45, 2.75) is 32.2 Å². The Labute approximate surface area is 79.2 Å². The summed E-state index contributed by atoms with van der Waals surface area (Å²) in [6, 6.07) is -0.123. The molecule has 0 bridgehead atoms. The first-order chi connectivity index (χ1) is 6.13. The minimum atomic E-state index is -0.123. The number of hydrogen-bond donors (Lipinski definition) is 2. The van der Waals surface area contributed by atoms with Gasteiger partial charge in [-0.15, -0.1) is 0 Å². The average Bonchev–Trinajstić information content (AvgIpc) is 2.15. The largest absolute Gasteiger partial charge is 0.396 e. The van der Waals surface area contributed by atoms with Crippen LogP contribution in [-0.2, 0) is 4.79 Å². The fourth-order valence-corrected chi connectivity index (χ4v) is 0.933. The summed E-state index contributed by atoms with van der Waals surface area (Å²) in [5.41, 5.74) is 0. The maximum absolute atomic E-state index is 11.4. The fourth-order valence-electron chi connectivity index (χ4n) is 0.933. The van der Waals surface area contributed by atoms with E-state index in [0.717, 1.165) is 0 Å². The van der Waals surface area contributed by atoms with Gasteiger partial charge in [-0.3, -0.25) is 4.79 Å². The lowest BCUT2D eigenvalue weighted by Crippen LogP contribution is -2.37. The zero-order valence-electron chi connectivity index (χ0n) is 8.36. The first-order valence-corrected chi connectivity index (χ1v) is 4.60. The molecular formula is C9H19NO3. The summed E-state index contributed by atoms with van der Waals surface area (Å²) < 4.78 is 0. The van der Waals surface area contributed by atoms with Gasteiger partial charge in [-0.05, 0) is 19.8 Å². The highest BCUT2D eigenvalue weighted by atomic mass is 16.3. The second-order valence-electron chi connectivity index (χ2n) is 3.22. The van der Waals surface area contributed by atoms with E-state index in [1.807, 2.05) is 0 Å². The van der Waals surface area contributed by atoms with Crippen LogP contribution in [0.5, 0.6) is 0 Å². The smallest absolute Gasteiger partial charge is 0.222 e. The molecule has 0 heterocycles. The molecule has 4 heteroatoms. The lowest BCUT2D eigenvalue weighted by molar-refractivity contribution is -0.132. The summed E-state index contributed by atoms with van der Waals surface area (Å²) in [6.45, 7) is 1.92. The second kappa shape index (κ2) is 6.86. The SMILES string of the molecule is CC(CO)N(C)C(=O)CCCCO. The molecule has 0 saturated carbocycles. The van der Waals surface area contributed by atoms with E-state index in [1.54, 1.807) is 14.0 Å². The molecule has 0 aliphatic carbocycles. The van der Waals surface area contributed by atoms with Gasteiger partial charge in [-0.1, -0.05) is 0 Å². The molecule has 4 nitrogen and oxygen atoms in total. The van der Waals surface area contributed by atoms with Crippen molar-refractivity contribution in [2.24, 2.45) is 0 Å². The van der Waals surface area contributed by atoms with Gasteiger partial charge in [-0.2, -0.15) is 0 Å². The van der Waals surface area contributed by atoms with E-state index in [0.29, 0.717) is 19.3 Å². The van der Waals surface area contributed by atoms with Gasteiger partial charge in [0.15, 0.2) is 0 Å². The Morgan fingerprint density at radius 3 is 2.46 bits per heavy atom. The minimum Gasteiger partial charge on any atom is -0.396 e. The summed E-state index contributed by atoms with van der Waals surface area (Å²) in [5, 5.41) is 17.3. The lowest BCUT2D eigenvalue weighted by Gasteiger charge is -2.23. The van der Waals surface area contributed by atoms with Crippen molar-refractivity contribution >= 4 is 5.91 Å². The van der Waals surface area contributed by atoms with Crippen molar-refractivity contribution in [3.63, 3.8) is 0 Å². The molecule has 0 saturated heterocycles. The van der Waals surface area contributed by atoms with Gasteiger partial charge in [0.1, 0.15) is 0 Å². The third-order valence-electron chi connectivity index (χ3n) is 2.12. The van der Waals surface area contributed by atoms with Crippen molar-refractivity contribution in [3.8, 4) is 0 Å². The molecule has 0 aromatic rings. The van der Waals surface area contributed by atoms with E-state index in [1.165, 1.54) is 4.90 Å². The number of hydrogen-bond acceptors (Lipinski definition) is 3. The summed E-state index contributed by atoms with van der Waals surface area (Å²) in [7, 11) is 1.68. The predicted octanol–water partition coefficient (Wildman–Crippen LogP) is -0.0118. The van der Waals surface area contributed by atoms with Crippen LogP contribution in [0.2, 0.25) is 0 Å². The molecule has 0 aromatic carbocycles. The van der Waals surface area contributed by atoms with E-state index in [9.17, 15) is 4.79 Å². The van der Waals surface area contributed by atoms with E-state index < -0.39 is 0 Å². The zero-order chi connectivity index (χ0) is 10.3. The van der Waals surface area contributed by atoms with Crippen LogP contribution in [0.1, 0.15) is 26.2 Å². The molecule has 78 valence electrons. The molecule has 0 spiro atoms. The first-order valence-electron chi connectivity index (χ1n) is 4.60. The topological polar surface area (TPSA) is 60.8 Å². The Hall–Kier alpha value is -0.610. The van der Waals surface area contributed by atoms with Crippen LogP contribution in [0.3, 0.4) is 0 Å². The first kappa shape index (κ1) is 12.4. The maximum Gasteiger partial charge on any atom is 0.222 e. The molecule has 1 amide bonds. The quantitative estimate of drug-likeness (QED) is 0.578. The molecule has 0 rings (SSSR count). The molecule has 0 aliphatic rings. The Bertz CT molecular complexity index is 150. The van der Waals surface area contributed by atoms with Gasteiger partial charge in [-0.25, -0.2) is 0 Å². The van der Waals surface area contributed by atoms with Crippen LogP contribution in [0.4, 0.5) is 0 Å². The van der Waals surface area contributed by atoms with Crippen molar-refractivity contribution in [3.05, 3.63) is 0 Å². The summed E-state index contributed by atoms with van der Waals surface area (Å²) >= 11 is 0. The monoisotopic (exact) mass is 189 g/mol. The van der Waals surface area contributed by atoms with Crippen LogP contribution in [0, 0.1) is 0 Å². The number of unbranched alkanes of at least 4 members (excludes halogenated alkanes) is 1. The number of aliphatic hydroxyl groups excluding tert-OH is 2. The van der Waals surface area contributed by atoms with E-state index in [4.69, 9.17) is 10.2 Å². The summed E-state index contributed by atoms with van der Waals surface area (Å²) in [6.07, 6.45) is 1.81. The predicted molar refractivity (Wildman–Crippen MR) is 50.3 cm³/mol. The van der Waals surface area contributed by atoms with E-state index in [-0.39, 0.29) is 25.2 Å². The number of rotatable bonds is 6. The van der Waals surface area contributed by atoms with Gasteiger partial charge >= 0.3 is 0 Å². The highest BCUT2D eigenvalue weighted by Crippen LogP contribution is 2.02.